The quantitative estimate of drug-likeness (QED) is 0.590. The number of nitrogens with one attached hydrogen (secondary N) is 2. The average Bonchev–Trinajstić information content (AvgIpc) is 2.74. The molecule has 0 amide bonds. The highest BCUT2D eigenvalue weighted by Gasteiger charge is 2.21. The molecule has 1 atom stereocenters. The van der Waals surface area contributed by atoms with E-state index in [1.54, 1.807) is 6.26 Å². The number of benzene rings is 1. The lowest BCUT2D eigenvalue weighted by Gasteiger charge is -2.29. The molecule has 1 unspecified atom stereocenters. The largest absolute Gasteiger partial charge is 0.474 e. The molecule has 2 aromatic rings. The van der Waals surface area contributed by atoms with Crippen LogP contribution in [0.5, 0.6) is 5.88 Å². The van der Waals surface area contributed by atoms with Gasteiger partial charge >= 0.3 is 0 Å². The fraction of sp³-hybridized carbons (Fsp3) is 0.476. The van der Waals surface area contributed by atoms with Gasteiger partial charge in [0.1, 0.15) is 18.2 Å². The van der Waals surface area contributed by atoms with Crippen LogP contribution in [0.15, 0.2) is 30.6 Å². The third kappa shape index (κ3) is 5.99. The lowest BCUT2D eigenvalue weighted by atomic mass is 10.1. The first-order chi connectivity index (χ1) is 14.5. The molecule has 0 radical (unpaired) electrons. The number of ether oxygens (including phenoxy) is 1. The van der Waals surface area contributed by atoms with E-state index < -0.39 is 10.8 Å². The summed E-state index contributed by atoms with van der Waals surface area (Å²) in [6, 6.07) is 7.93. The minimum atomic E-state index is -0.805. The summed E-state index contributed by atoms with van der Waals surface area (Å²) in [5.41, 5.74) is 2.45. The van der Waals surface area contributed by atoms with Gasteiger partial charge in [0.05, 0.1) is 5.56 Å². The highest BCUT2D eigenvalue weighted by Crippen LogP contribution is 2.26. The van der Waals surface area contributed by atoms with Crippen molar-refractivity contribution in [3.05, 3.63) is 36.2 Å². The molecule has 0 aliphatic carbocycles. The van der Waals surface area contributed by atoms with E-state index in [0.717, 1.165) is 43.9 Å². The number of hydrogen-bond donors (Lipinski definition) is 2. The molecule has 1 aromatic heterocycles. The van der Waals surface area contributed by atoms with Gasteiger partial charge in [0.15, 0.2) is 0 Å². The van der Waals surface area contributed by atoms with Crippen LogP contribution in [-0.2, 0) is 10.8 Å². The Kier molecular flexibility index (Phi) is 7.75. The van der Waals surface area contributed by atoms with Crippen LogP contribution in [-0.4, -0.2) is 77.1 Å². The molecule has 0 bridgehead atoms. The molecule has 0 spiro atoms. The number of hydrogen-bond acceptors (Lipinski definition) is 8. The van der Waals surface area contributed by atoms with Gasteiger partial charge in [-0.15, -0.1) is 0 Å². The molecule has 1 aliphatic rings. The van der Waals surface area contributed by atoms with Crippen molar-refractivity contribution in [2.75, 3.05) is 56.0 Å². The van der Waals surface area contributed by atoms with Gasteiger partial charge in [-0.3, -0.25) is 4.21 Å². The van der Waals surface area contributed by atoms with Crippen LogP contribution in [0.1, 0.15) is 18.4 Å². The fourth-order valence-electron chi connectivity index (χ4n) is 3.29. The van der Waals surface area contributed by atoms with Crippen LogP contribution < -0.4 is 15.0 Å². The summed E-state index contributed by atoms with van der Waals surface area (Å²) in [7, 11) is 3.29. The van der Waals surface area contributed by atoms with Gasteiger partial charge < -0.3 is 25.3 Å². The maximum atomic E-state index is 11.3. The minimum Gasteiger partial charge on any atom is -0.474 e. The molecule has 1 saturated heterocycles. The first-order valence-corrected chi connectivity index (χ1v) is 11.8. The summed E-state index contributed by atoms with van der Waals surface area (Å²) in [6.45, 7) is 2.73. The number of nitrogens with zero attached hydrogens (tertiary/aromatic N) is 4. The van der Waals surface area contributed by atoms with E-state index in [2.05, 4.69) is 32.1 Å². The number of piperidine rings is 1. The topological polar surface area (TPSA) is 94.4 Å². The lowest BCUT2D eigenvalue weighted by Crippen LogP contribution is -2.36. The number of aromatic nitrogens is 2. The van der Waals surface area contributed by atoms with Crippen molar-refractivity contribution < 1.29 is 8.95 Å². The molecule has 9 heteroatoms. The maximum Gasteiger partial charge on any atom is 0.227 e. The molecule has 0 saturated carbocycles. The second-order valence-corrected chi connectivity index (χ2v) is 9.13. The fourth-order valence-corrected chi connectivity index (χ4v) is 3.83. The van der Waals surface area contributed by atoms with Gasteiger partial charge in [0.2, 0.25) is 5.88 Å². The van der Waals surface area contributed by atoms with Gasteiger partial charge in [0.25, 0.3) is 0 Å². The molecule has 8 nitrogen and oxygen atoms in total. The zero-order valence-electron chi connectivity index (χ0n) is 17.8. The Bertz CT molecular complexity index is 868. The van der Waals surface area contributed by atoms with Crippen LogP contribution in [0.2, 0.25) is 0 Å². The van der Waals surface area contributed by atoms with Gasteiger partial charge in [-0.2, -0.15) is 0 Å². The molecule has 2 heterocycles. The maximum absolute atomic E-state index is 11.3. The zero-order valence-corrected chi connectivity index (χ0v) is 18.6. The Hall–Kier alpha value is -2.52. The monoisotopic (exact) mass is 430 g/mol. The van der Waals surface area contributed by atoms with Gasteiger partial charge in [-0.25, -0.2) is 9.97 Å². The number of rotatable bonds is 9. The van der Waals surface area contributed by atoms with Crippen molar-refractivity contribution >= 4 is 34.2 Å². The van der Waals surface area contributed by atoms with Crippen molar-refractivity contribution in [1.82, 2.24) is 14.9 Å². The Morgan fingerprint density at radius 1 is 1.30 bits per heavy atom. The Labute approximate surface area is 180 Å². The zero-order chi connectivity index (χ0) is 21.5. The minimum absolute atomic E-state index is 0.106. The van der Waals surface area contributed by atoms with E-state index in [1.165, 1.54) is 12.5 Å². The second kappa shape index (κ2) is 10.5. The standard InChI is InChI=1S/C21H30N6O2S/c1-26-10-8-18(9-11-26)29-21-19(14-22)20(23-15-24-21)25-16-4-6-17(7-5-16)27(2)12-13-30(3)28/h4-7,14-15,18,22H,8-13H2,1-3H3,(H,23,24,25). The summed E-state index contributed by atoms with van der Waals surface area (Å²) in [5, 5.41) is 11.1. The second-order valence-electron chi connectivity index (χ2n) is 7.58. The van der Waals surface area contributed by atoms with E-state index >= 15 is 0 Å². The molecular weight excluding hydrogens is 400 g/mol. The van der Waals surface area contributed by atoms with Crippen LogP contribution in [0.3, 0.4) is 0 Å². The lowest BCUT2D eigenvalue weighted by molar-refractivity contribution is 0.110. The van der Waals surface area contributed by atoms with Crippen molar-refractivity contribution in [1.29, 1.82) is 5.41 Å². The van der Waals surface area contributed by atoms with Crippen molar-refractivity contribution in [3.8, 4) is 5.88 Å². The summed E-state index contributed by atoms with van der Waals surface area (Å²) >= 11 is 0. The summed E-state index contributed by atoms with van der Waals surface area (Å²) in [4.78, 5) is 12.9. The Balaban J connectivity index is 1.68. The third-order valence-corrected chi connectivity index (χ3v) is 5.98. The Morgan fingerprint density at radius 2 is 2.00 bits per heavy atom. The highest BCUT2D eigenvalue weighted by molar-refractivity contribution is 7.84. The van der Waals surface area contributed by atoms with E-state index in [0.29, 0.717) is 23.0 Å². The summed E-state index contributed by atoms with van der Waals surface area (Å²) in [6.07, 6.45) is 6.41. The average molecular weight is 431 g/mol. The molecule has 2 N–H and O–H groups in total. The van der Waals surface area contributed by atoms with E-state index in [-0.39, 0.29) is 6.10 Å². The first kappa shape index (κ1) is 22.2. The van der Waals surface area contributed by atoms with Gasteiger partial charge in [-0.1, -0.05) is 0 Å². The molecule has 1 aromatic carbocycles. The SMILES string of the molecule is CN1CCC(Oc2ncnc(Nc3ccc(N(C)CCS(C)=O)cc3)c2C=N)CC1. The van der Waals surface area contributed by atoms with Crippen LogP contribution in [0, 0.1) is 5.41 Å². The van der Waals surface area contributed by atoms with Crippen LogP contribution >= 0.6 is 0 Å². The van der Waals surface area contributed by atoms with Crippen molar-refractivity contribution in [2.24, 2.45) is 0 Å². The Morgan fingerprint density at radius 3 is 2.63 bits per heavy atom. The first-order valence-electron chi connectivity index (χ1n) is 10.0. The number of anilines is 3. The normalized spacial score (nSPS) is 16.1. The molecular formula is C21H30N6O2S. The third-order valence-electron chi connectivity index (χ3n) is 5.22. The van der Waals surface area contributed by atoms with Crippen molar-refractivity contribution in [3.63, 3.8) is 0 Å². The van der Waals surface area contributed by atoms with Crippen LogP contribution in [0.4, 0.5) is 17.2 Å². The summed E-state index contributed by atoms with van der Waals surface area (Å²) < 4.78 is 17.4. The predicted octanol–water partition coefficient (Wildman–Crippen LogP) is 2.51. The van der Waals surface area contributed by atoms with Gasteiger partial charge in [-0.05, 0) is 44.2 Å². The molecule has 1 fully saturated rings. The smallest absolute Gasteiger partial charge is 0.227 e. The van der Waals surface area contributed by atoms with Crippen LogP contribution in [0.25, 0.3) is 0 Å². The van der Waals surface area contributed by atoms with E-state index in [9.17, 15) is 4.21 Å². The van der Waals surface area contributed by atoms with E-state index in [1.807, 2.05) is 31.3 Å². The molecule has 162 valence electrons. The predicted molar refractivity (Wildman–Crippen MR) is 123 cm³/mol. The van der Waals surface area contributed by atoms with Gasteiger partial charge in [0, 0.05) is 67.1 Å². The molecule has 3 rings (SSSR count). The molecule has 30 heavy (non-hydrogen) atoms. The summed E-state index contributed by atoms with van der Waals surface area (Å²) in [5.74, 6) is 1.63. The number of likely N-dealkylation sites (tertiary alicyclic amines) is 1. The molecule has 1 aliphatic heterocycles. The van der Waals surface area contributed by atoms with E-state index in [4.69, 9.17) is 10.1 Å². The highest BCUT2D eigenvalue weighted by atomic mass is 32.2. The van der Waals surface area contributed by atoms with Crippen molar-refractivity contribution in [2.45, 2.75) is 18.9 Å².